The van der Waals surface area contributed by atoms with Gasteiger partial charge in [-0.25, -0.2) is 9.97 Å². The van der Waals surface area contributed by atoms with E-state index >= 15 is 0 Å². The van der Waals surface area contributed by atoms with E-state index in [1.807, 2.05) is 30.3 Å². The molecule has 3 heterocycles. The Balaban J connectivity index is 1.66. The van der Waals surface area contributed by atoms with Crippen LogP contribution in [0.5, 0.6) is 0 Å². The van der Waals surface area contributed by atoms with Crippen molar-refractivity contribution in [3.05, 3.63) is 53.9 Å². The number of carbonyl (C=O) groups excluding carboxylic acids is 1. The number of pyridine rings is 1. The second-order valence-corrected chi connectivity index (χ2v) is 5.87. The lowest BCUT2D eigenvalue weighted by Gasteiger charge is -2.27. The lowest BCUT2D eigenvalue weighted by atomic mass is 10.1. The average molecular weight is 306 g/mol. The Hall–Kier alpha value is -2.69. The van der Waals surface area contributed by atoms with Crippen LogP contribution < -0.4 is 4.90 Å². The lowest BCUT2D eigenvalue weighted by Crippen LogP contribution is -2.30. The van der Waals surface area contributed by atoms with Crippen molar-refractivity contribution in [2.24, 2.45) is 0 Å². The van der Waals surface area contributed by atoms with Crippen LogP contribution in [0.4, 0.5) is 5.82 Å². The summed E-state index contributed by atoms with van der Waals surface area (Å²) in [6.07, 6.45) is 3.70. The van der Waals surface area contributed by atoms with E-state index in [4.69, 9.17) is 0 Å². The van der Waals surface area contributed by atoms with E-state index in [-0.39, 0.29) is 5.78 Å². The SMILES string of the molecule is O=C(c1ccccc1)c1nc2nc(N3CCCCC3)ccc2[nH]1. The molecule has 116 valence electrons. The molecule has 23 heavy (non-hydrogen) atoms. The van der Waals surface area contributed by atoms with Gasteiger partial charge in [0.15, 0.2) is 11.5 Å². The number of piperidine rings is 1. The first-order chi connectivity index (χ1) is 11.3. The van der Waals surface area contributed by atoms with Crippen LogP contribution in [0.1, 0.15) is 35.4 Å². The molecular weight excluding hydrogens is 288 g/mol. The Kier molecular flexibility index (Phi) is 3.54. The molecule has 0 spiro atoms. The predicted octanol–water partition coefficient (Wildman–Crippen LogP) is 3.18. The van der Waals surface area contributed by atoms with E-state index in [1.54, 1.807) is 12.1 Å². The Labute approximate surface area is 134 Å². The minimum atomic E-state index is -0.108. The number of aromatic nitrogens is 3. The van der Waals surface area contributed by atoms with Crippen LogP contribution in [0.3, 0.4) is 0 Å². The molecular formula is C18H18N4O. The molecule has 4 rings (SSSR count). The summed E-state index contributed by atoms with van der Waals surface area (Å²) >= 11 is 0. The smallest absolute Gasteiger partial charge is 0.228 e. The molecule has 0 atom stereocenters. The molecule has 1 aliphatic rings. The van der Waals surface area contributed by atoms with Gasteiger partial charge in [-0.3, -0.25) is 4.79 Å². The number of hydrogen-bond acceptors (Lipinski definition) is 4. The largest absolute Gasteiger partial charge is 0.357 e. The monoisotopic (exact) mass is 306 g/mol. The third-order valence-corrected chi connectivity index (χ3v) is 4.26. The van der Waals surface area contributed by atoms with Gasteiger partial charge in [0.25, 0.3) is 0 Å². The van der Waals surface area contributed by atoms with Gasteiger partial charge in [0, 0.05) is 18.7 Å². The normalized spacial score (nSPS) is 15.0. The van der Waals surface area contributed by atoms with E-state index in [2.05, 4.69) is 19.9 Å². The zero-order chi connectivity index (χ0) is 15.6. The van der Waals surface area contributed by atoms with Crippen molar-refractivity contribution in [1.82, 2.24) is 15.0 Å². The molecule has 0 amide bonds. The lowest BCUT2D eigenvalue weighted by molar-refractivity contribution is 0.103. The molecule has 0 saturated carbocycles. The molecule has 3 aromatic rings. The Morgan fingerprint density at radius 2 is 1.74 bits per heavy atom. The third-order valence-electron chi connectivity index (χ3n) is 4.26. The summed E-state index contributed by atoms with van der Waals surface area (Å²) in [5, 5.41) is 0. The van der Waals surface area contributed by atoms with Crippen molar-refractivity contribution in [2.45, 2.75) is 19.3 Å². The summed E-state index contributed by atoms with van der Waals surface area (Å²) in [5.74, 6) is 1.18. The van der Waals surface area contributed by atoms with Gasteiger partial charge < -0.3 is 9.88 Å². The summed E-state index contributed by atoms with van der Waals surface area (Å²) in [6.45, 7) is 2.08. The zero-order valence-corrected chi connectivity index (χ0v) is 12.8. The van der Waals surface area contributed by atoms with E-state index < -0.39 is 0 Å². The number of hydrogen-bond donors (Lipinski definition) is 1. The van der Waals surface area contributed by atoms with Crippen molar-refractivity contribution in [1.29, 1.82) is 0 Å². The van der Waals surface area contributed by atoms with Crippen molar-refractivity contribution >= 4 is 22.8 Å². The number of rotatable bonds is 3. The maximum Gasteiger partial charge on any atom is 0.228 e. The highest BCUT2D eigenvalue weighted by Gasteiger charge is 2.16. The van der Waals surface area contributed by atoms with E-state index in [9.17, 15) is 4.79 Å². The number of aromatic amines is 1. The molecule has 1 aliphatic heterocycles. The number of nitrogens with one attached hydrogen (secondary N) is 1. The molecule has 1 N–H and O–H groups in total. The number of carbonyl (C=O) groups is 1. The van der Waals surface area contributed by atoms with Crippen LogP contribution in [-0.2, 0) is 0 Å². The minimum absolute atomic E-state index is 0.108. The summed E-state index contributed by atoms with van der Waals surface area (Å²) in [5.41, 5.74) is 2.03. The molecule has 5 nitrogen and oxygen atoms in total. The highest BCUT2D eigenvalue weighted by atomic mass is 16.1. The Bertz CT molecular complexity index is 835. The number of H-pyrrole nitrogens is 1. The number of ketones is 1. The summed E-state index contributed by atoms with van der Waals surface area (Å²) in [6, 6.07) is 13.1. The number of anilines is 1. The highest BCUT2D eigenvalue weighted by Crippen LogP contribution is 2.21. The Morgan fingerprint density at radius 1 is 0.957 bits per heavy atom. The quantitative estimate of drug-likeness (QED) is 0.755. The van der Waals surface area contributed by atoms with Gasteiger partial charge in [-0.05, 0) is 31.4 Å². The van der Waals surface area contributed by atoms with Crippen LogP contribution in [0.25, 0.3) is 11.2 Å². The first-order valence-corrected chi connectivity index (χ1v) is 8.03. The number of fused-ring (bicyclic) bond motifs is 1. The average Bonchev–Trinajstić information content (AvgIpc) is 3.06. The molecule has 2 aromatic heterocycles. The second kappa shape index (κ2) is 5.83. The third kappa shape index (κ3) is 2.70. The molecule has 1 fully saturated rings. The molecule has 5 heteroatoms. The van der Waals surface area contributed by atoms with Crippen molar-refractivity contribution in [2.75, 3.05) is 18.0 Å². The maximum atomic E-state index is 12.5. The van der Waals surface area contributed by atoms with Gasteiger partial charge in [-0.15, -0.1) is 0 Å². The van der Waals surface area contributed by atoms with Crippen molar-refractivity contribution in [3.8, 4) is 0 Å². The van der Waals surface area contributed by atoms with Crippen molar-refractivity contribution < 1.29 is 4.79 Å². The van der Waals surface area contributed by atoms with Crippen molar-refractivity contribution in [3.63, 3.8) is 0 Å². The summed E-state index contributed by atoms with van der Waals surface area (Å²) in [4.78, 5) is 26.9. The highest BCUT2D eigenvalue weighted by molar-refractivity contribution is 6.07. The molecule has 0 aliphatic carbocycles. The standard InChI is InChI=1S/C18H18N4O/c23-16(13-7-3-1-4-8-13)18-19-14-9-10-15(20-17(14)21-18)22-11-5-2-6-12-22/h1,3-4,7-10H,2,5-6,11-12H2,(H,19,20,21). The summed E-state index contributed by atoms with van der Waals surface area (Å²) in [7, 11) is 0. The molecule has 0 bridgehead atoms. The summed E-state index contributed by atoms with van der Waals surface area (Å²) < 4.78 is 0. The first-order valence-electron chi connectivity index (χ1n) is 8.03. The topological polar surface area (TPSA) is 61.9 Å². The Morgan fingerprint density at radius 3 is 2.52 bits per heavy atom. The van der Waals surface area contributed by atoms with Gasteiger partial charge in [0.1, 0.15) is 5.82 Å². The van der Waals surface area contributed by atoms with Gasteiger partial charge in [-0.2, -0.15) is 0 Å². The molecule has 1 aromatic carbocycles. The first kappa shape index (κ1) is 13.9. The number of benzene rings is 1. The van der Waals surface area contributed by atoms with Crippen LogP contribution >= 0.6 is 0 Å². The van der Waals surface area contributed by atoms with Crippen LogP contribution in [0, 0.1) is 0 Å². The van der Waals surface area contributed by atoms with Gasteiger partial charge in [-0.1, -0.05) is 30.3 Å². The maximum absolute atomic E-state index is 12.5. The van der Waals surface area contributed by atoms with Crippen LogP contribution in [-0.4, -0.2) is 33.8 Å². The van der Waals surface area contributed by atoms with Crippen LogP contribution in [0.15, 0.2) is 42.5 Å². The minimum Gasteiger partial charge on any atom is -0.357 e. The second-order valence-electron chi connectivity index (χ2n) is 5.87. The molecule has 0 radical (unpaired) electrons. The predicted molar refractivity (Wildman–Crippen MR) is 89.8 cm³/mol. The van der Waals surface area contributed by atoms with Gasteiger partial charge >= 0.3 is 0 Å². The fourth-order valence-electron chi connectivity index (χ4n) is 3.02. The zero-order valence-electron chi connectivity index (χ0n) is 12.8. The number of nitrogens with zero attached hydrogens (tertiary/aromatic N) is 3. The number of imidazole rings is 1. The van der Waals surface area contributed by atoms with E-state index in [0.29, 0.717) is 17.0 Å². The fraction of sp³-hybridized carbons (Fsp3) is 0.278. The van der Waals surface area contributed by atoms with E-state index in [0.717, 1.165) is 24.4 Å². The molecule has 1 saturated heterocycles. The van der Waals surface area contributed by atoms with Gasteiger partial charge in [0.2, 0.25) is 5.78 Å². The van der Waals surface area contributed by atoms with Gasteiger partial charge in [0.05, 0.1) is 5.52 Å². The molecule has 0 unspecified atom stereocenters. The van der Waals surface area contributed by atoms with E-state index in [1.165, 1.54) is 19.3 Å². The fourth-order valence-corrected chi connectivity index (χ4v) is 3.02. The van der Waals surface area contributed by atoms with Crippen LogP contribution in [0.2, 0.25) is 0 Å².